The van der Waals surface area contributed by atoms with Gasteiger partial charge >= 0.3 is 0 Å². The summed E-state index contributed by atoms with van der Waals surface area (Å²) in [5.41, 5.74) is 0.721. The van der Waals surface area contributed by atoms with Crippen LogP contribution in [-0.4, -0.2) is 35.1 Å². The SMILES string of the molecule is COCC#Cc1cncc(C(=O)N=S(C)(=O)c2cc(Cl)cc(Cl)c2)c1. The number of amides is 1. The third kappa shape index (κ3) is 5.55. The van der Waals surface area contributed by atoms with Crippen LogP contribution >= 0.6 is 23.2 Å². The molecule has 1 atom stereocenters. The van der Waals surface area contributed by atoms with Crippen LogP contribution in [-0.2, 0) is 14.5 Å². The van der Waals surface area contributed by atoms with Gasteiger partial charge < -0.3 is 4.74 Å². The highest BCUT2D eigenvalue weighted by Crippen LogP contribution is 2.23. The number of carbonyl (C=O) groups is 1. The second-order valence-electron chi connectivity index (χ2n) is 5.00. The molecule has 0 saturated heterocycles. The predicted molar refractivity (Wildman–Crippen MR) is 98.5 cm³/mol. The fraction of sp³-hybridized carbons (Fsp3) is 0.176. The smallest absolute Gasteiger partial charge is 0.286 e. The number of benzene rings is 1. The molecule has 1 unspecified atom stereocenters. The van der Waals surface area contributed by atoms with Gasteiger partial charge in [-0.05, 0) is 24.3 Å². The van der Waals surface area contributed by atoms with Crippen molar-refractivity contribution in [3.8, 4) is 11.8 Å². The largest absolute Gasteiger partial charge is 0.372 e. The summed E-state index contributed by atoms with van der Waals surface area (Å²) < 4.78 is 21.5. The van der Waals surface area contributed by atoms with Crippen molar-refractivity contribution in [2.75, 3.05) is 20.0 Å². The minimum absolute atomic E-state index is 0.187. The van der Waals surface area contributed by atoms with Gasteiger partial charge in [-0.2, -0.15) is 4.36 Å². The molecule has 0 bridgehead atoms. The molecular weight excluding hydrogens is 383 g/mol. The van der Waals surface area contributed by atoms with Crippen LogP contribution in [0.25, 0.3) is 0 Å². The zero-order valence-electron chi connectivity index (χ0n) is 13.5. The average Bonchev–Trinajstić information content (AvgIpc) is 2.54. The summed E-state index contributed by atoms with van der Waals surface area (Å²) in [7, 11) is -1.48. The van der Waals surface area contributed by atoms with Crippen molar-refractivity contribution < 1.29 is 13.7 Å². The number of ether oxygens (including phenoxy) is 1. The molecule has 1 aromatic carbocycles. The van der Waals surface area contributed by atoms with Gasteiger partial charge in [-0.3, -0.25) is 9.78 Å². The standard InChI is InChI=1S/C17H14Cl2N2O3S/c1-24-5-3-4-12-6-13(11-20-10-12)17(22)21-25(2,23)16-8-14(18)7-15(19)9-16/h6-11H,5H2,1-2H3. The number of hydrogen-bond acceptors (Lipinski definition) is 4. The van der Waals surface area contributed by atoms with Crippen molar-refractivity contribution in [1.29, 1.82) is 0 Å². The minimum atomic E-state index is -3.01. The predicted octanol–water partition coefficient (Wildman–Crippen LogP) is 3.68. The molecule has 0 spiro atoms. The lowest BCUT2D eigenvalue weighted by atomic mass is 10.2. The Bertz CT molecular complexity index is 967. The van der Waals surface area contributed by atoms with Crippen LogP contribution in [0.1, 0.15) is 15.9 Å². The summed E-state index contributed by atoms with van der Waals surface area (Å²) >= 11 is 11.8. The molecule has 0 saturated carbocycles. The third-order valence-corrected chi connectivity index (χ3v) is 5.03. The maximum atomic E-state index is 12.8. The second-order valence-corrected chi connectivity index (χ2v) is 8.13. The molecule has 1 amide bonds. The van der Waals surface area contributed by atoms with E-state index in [1.54, 1.807) is 0 Å². The van der Waals surface area contributed by atoms with E-state index in [-0.39, 0.29) is 17.1 Å². The first-order chi connectivity index (χ1) is 11.8. The molecule has 0 fully saturated rings. The normalized spacial score (nSPS) is 12.6. The fourth-order valence-electron chi connectivity index (χ4n) is 1.85. The Labute approximate surface area is 156 Å². The summed E-state index contributed by atoms with van der Waals surface area (Å²) in [6.45, 7) is 0.265. The molecule has 5 nitrogen and oxygen atoms in total. The van der Waals surface area contributed by atoms with Crippen LogP contribution in [0.2, 0.25) is 10.0 Å². The molecular formula is C17H14Cl2N2O3S. The average molecular weight is 397 g/mol. The lowest BCUT2D eigenvalue weighted by molar-refractivity contribution is 0.100. The summed E-state index contributed by atoms with van der Waals surface area (Å²) in [4.78, 5) is 16.6. The van der Waals surface area contributed by atoms with Crippen molar-refractivity contribution in [3.05, 3.63) is 57.8 Å². The van der Waals surface area contributed by atoms with Gasteiger partial charge in [0, 0.05) is 41.4 Å². The Balaban J connectivity index is 2.37. The van der Waals surface area contributed by atoms with Crippen molar-refractivity contribution in [2.45, 2.75) is 4.90 Å². The molecule has 0 N–H and O–H groups in total. The van der Waals surface area contributed by atoms with Gasteiger partial charge in [-0.1, -0.05) is 35.0 Å². The van der Waals surface area contributed by atoms with E-state index in [1.165, 1.54) is 50.0 Å². The molecule has 0 aliphatic carbocycles. The van der Waals surface area contributed by atoms with Crippen LogP contribution in [0.4, 0.5) is 0 Å². The fourth-order valence-corrected chi connectivity index (χ4v) is 3.72. The first-order valence-corrected chi connectivity index (χ1v) is 9.65. The van der Waals surface area contributed by atoms with Gasteiger partial charge in [-0.15, -0.1) is 0 Å². The highest BCUT2D eigenvalue weighted by Gasteiger charge is 2.13. The van der Waals surface area contributed by atoms with Crippen LogP contribution < -0.4 is 0 Å². The molecule has 1 heterocycles. The van der Waals surface area contributed by atoms with E-state index in [9.17, 15) is 9.00 Å². The van der Waals surface area contributed by atoms with Crippen LogP contribution in [0.3, 0.4) is 0 Å². The first-order valence-electron chi connectivity index (χ1n) is 6.97. The van der Waals surface area contributed by atoms with Crippen molar-refractivity contribution in [2.24, 2.45) is 4.36 Å². The zero-order chi connectivity index (χ0) is 18.4. The lowest BCUT2D eigenvalue weighted by Crippen LogP contribution is -2.04. The highest BCUT2D eigenvalue weighted by molar-refractivity contribution is 7.93. The van der Waals surface area contributed by atoms with E-state index in [0.717, 1.165) is 0 Å². The third-order valence-electron chi connectivity index (χ3n) is 2.96. The molecule has 0 aliphatic rings. The van der Waals surface area contributed by atoms with Gasteiger partial charge in [-0.25, -0.2) is 4.21 Å². The van der Waals surface area contributed by atoms with Gasteiger partial charge in [0.25, 0.3) is 5.91 Å². The van der Waals surface area contributed by atoms with Crippen molar-refractivity contribution in [3.63, 3.8) is 0 Å². The molecule has 0 radical (unpaired) electrons. The molecule has 130 valence electrons. The quantitative estimate of drug-likeness (QED) is 0.741. The zero-order valence-corrected chi connectivity index (χ0v) is 15.8. The molecule has 2 aromatic rings. The summed E-state index contributed by atoms with van der Waals surface area (Å²) in [6.07, 6.45) is 4.20. The Morgan fingerprint density at radius 3 is 2.56 bits per heavy atom. The van der Waals surface area contributed by atoms with E-state index < -0.39 is 15.6 Å². The van der Waals surface area contributed by atoms with Crippen molar-refractivity contribution in [1.82, 2.24) is 4.98 Å². The van der Waals surface area contributed by atoms with Crippen LogP contribution in [0.5, 0.6) is 0 Å². The molecule has 8 heteroatoms. The number of carbonyl (C=O) groups excluding carboxylic acids is 1. The Kier molecular flexibility index (Phi) is 6.57. The summed E-state index contributed by atoms with van der Waals surface area (Å²) in [6, 6.07) is 5.98. The van der Waals surface area contributed by atoms with Gasteiger partial charge in [0.1, 0.15) is 6.61 Å². The minimum Gasteiger partial charge on any atom is -0.372 e. The summed E-state index contributed by atoms with van der Waals surface area (Å²) in [5, 5.41) is 0.633. The highest BCUT2D eigenvalue weighted by atomic mass is 35.5. The maximum absolute atomic E-state index is 12.8. The van der Waals surface area contributed by atoms with Gasteiger partial charge in [0.2, 0.25) is 0 Å². The molecule has 2 rings (SSSR count). The van der Waals surface area contributed by atoms with Crippen molar-refractivity contribution >= 4 is 38.8 Å². The Hall–Kier alpha value is -1.91. The molecule has 1 aromatic heterocycles. The number of aromatic nitrogens is 1. The maximum Gasteiger partial charge on any atom is 0.286 e. The first kappa shape index (κ1) is 19.4. The van der Waals surface area contributed by atoms with E-state index in [1.807, 2.05) is 0 Å². The number of hydrogen-bond donors (Lipinski definition) is 0. The number of halogens is 2. The topological polar surface area (TPSA) is 68.6 Å². The number of rotatable bonds is 3. The van der Waals surface area contributed by atoms with Crippen LogP contribution in [0.15, 0.2) is 45.9 Å². The van der Waals surface area contributed by atoms with E-state index in [0.29, 0.717) is 15.6 Å². The van der Waals surface area contributed by atoms with E-state index in [4.69, 9.17) is 27.9 Å². The monoisotopic (exact) mass is 396 g/mol. The Morgan fingerprint density at radius 1 is 1.24 bits per heavy atom. The van der Waals surface area contributed by atoms with E-state index in [2.05, 4.69) is 21.2 Å². The molecule has 0 aliphatic heterocycles. The van der Waals surface area contributed by atoms with Crippen LogP contribution in [0, 0.1) is 11.8 Å². The summed E-state index contributed by atoms with van der Waals surface area (Å²) in [5.74, 6) is 4.92. The van der Waals surface area contributed by atoms with Gasteiger partial charge in [0.05, 0.1) is 20.2 Å². The van der Waals surface area contributed by atoms with E-state index >= 15 is 0 Å². The number of nitrogens with zero attached hydrogens (tertiary/aromatic N) is 2. The molecule has 25 heavy (non-hydrogen) atoms. The number of pyridine rings is 1. The lowest BCUT2D eigenvalue weighted by Gasteiger charge is -2.05. The van der Waals surface area contributed by atoms with Gasteiger partial charge in [0.15, 0.2) is 0 Å². The number of methoxy groups -OCH3 is 1. The second kappa shape index (κ2) is 8.45. The Morgan fingerprint density at radius 2 is 1.92 bits per heavy atom.